The molecule has 0 amide bonds. The van der Waals surface area contributed by atoms with Gasteiger partial charge in [-0.05, 0) is 31.9 Å². The Morgan fingerprint density at radius 3 is 2.33 bits per heavy atom. The van der Waals surface area contributed by atoms with Crippen LogP contribution in [-0.2, 0) is 7.05 Å². The molecule has 0 aliphatic heterocycles. The summed E-state index contributed by atoms with van der Waals surface area (Å²) in [5, 5.41) is 10.3. The first-order valence-electron chi connectivity index (χ1n) is 5.03. The molecule has 2 rings (SSSR count). The summed E-state index contributed by atoms with van der Waals surface area (Å²) in [6.07, 6.45) is 0. The number of benzene rings is 1. The van der Waals surface area contributed by atoms with Crippen LogP contribution in [0.4, 0.5) is 0 Å². The smallest absolute Gasteiger partial charge is 0.102 e. The Balaban J connectivity index is 3.11. The zero-order chi connectivity index (χ0) is 11.2. The summed E-state index contributed by atoms with van der Waals surface area (Å²) in [6.45, 7) is 6.14. The lowest BCUT2D eigenvalue weighted by molar-refractivity contribution is 0.911. The quantitative estimate of drug-likeness (QED) is 0.639. The largest absolute Gasteiger partial charge is 0.346 e. The van der Waals surface area contributed by atoms with Crippen molar-refractivity contribution < 1.29 is 0 Å². The Bertz CT molecular complexity index is 583. The van der Waals surface area contributed by atoms with Crippen LogP contribution in [0.3, 0.4) is 0 Å². The van der Waals surface area contributed by atoms with Gasteiger partial charge in [0.05, 0.1) is 11.1 Å². The summed E-state index contributed by atoms with van der Waals surface area (Å²) in [5.41, 5.74) is 5.45. The van der Waals surface area contributed by atoms with Crippen LogP contribution >= 0.6 is 0 Å². The normalized spacial score (nSPS) is 10.6. The second kappa shape index (κ2) is 3.13. The molecule has 15 heavy (non-hydrogen) atoms. The second-order valence-corrected chi connectivity index (χ2v) is 4.05. The number of rotatable bonds is 0. The maximum Gasteiger partial charge on any atom is 0.102 e. The van der Waals surface area contributed by atoms with Crippen LogP contribution in [0.1, 0.15) is 22.4 Å². The standard InChI is InChI=1S/C13H14N2/c1-8-5-6-9(2)13-12(8)11(7-14)10(3)15(13)4/h5-6H,1-4H3. The SMILES string of the molecule is Cc1ccc(C)c2c1c(C#N)c(C)n2C. The molecule has 2 nitrogen and oxygen atoms in total. The molecule has 0 spiro atoms. The van der Waals surface area contributed by atoms with Gasteiger partial charge >= 0.3 is 0 Å². The Morgan fingerprint density at radius 1 is 1.13 bits per heavy atom. The minimum atomic E-state index is 0.814. The Labute approximate surface area is 89.7 Å². The van der Waals surface area contributed by atoms with Gasteiger partial charge in [-0.25, -0.2) is 0 Å². The first-order chi connectivity index (χ1) is 7.07. The predicted molar refractivity (Wildman–Crippen MR) is 61.8 cm³/mol. The molecule has 0 saturated carbocycles. The van der Waals surface area contributed by atoms with Gasteiger partial charge in [0.2, 0.25) is 0 Å². The fourth-order valence-corrected chi connectivity index (χ4v) is 2.20. The summed E-state index contributed by atoms with van der Waals surface area (Å²) < 4.78 is 2.11. The highest BCUT2D eigenvalue weighted by Crippen LogP contribution is 2.29. The summed E-state index contributed by atoms with van der Waals surface area (Å²) >= 11 is 0. The molecule has 0 atom stereocenters. The van der Waals surface area contributed by atoms with Gasteiger partial charge in [-0.15, -0.1) is 0 Å². The molecule has 1 aromatic carbocycles. The van der Waals surface area contributed by atoms with E-state index in [2.05, 4.69) is 36.6 Å². The average Bonchev–Trinajstić information content (AvgIpc) is 2.47. The van der Waals surface area contributed by atoms with Crippen LogP contribution in [-0.4, -0.2) is 4.57 Å². The molecule has 0 saturated heterocycles. The lowest BCUT2D eigenvalue weighted by atomic mass is 10.0. The van der Waals surface area contributed by atoms with E-state index in [1.54, 1.807) is 0 Å². The van der Waals surface area contributed by atoms with Gasteiger partial charge in [-0.1, -0.05) is 12.1 Å². The van der Waals surface area contributed by atoms with E-state index in [1.807, 2.05) is 14.0 Å². The van der Waals surface area contributed by atoms with Gasteiger partial charge in [0.25, 0.3) is 0 Å². The van der Waals surface area contributed by atoms with Gasteiger partial charge in [0.1, 0.15) is 6.07 Å². The van der Waals surface area contributed by atoms with Crippen molar-refractivity contribution in [1.82, 2.24) is 4.57 Å². The molecule has 0 fully saturated rings. The monoisotopic (exact) mass is 198 g/mol. The number of aromatic nitrogens is 1. The Hall–Kier alpha value is -1.75. The fourth-order valence-electron chi connectivity index (χ4n) is 2.20. The highest BCUT2D eigenvalue weighted by molar-refractivity contribution is 5.92. The second-order valence-electron chi connectivity index (χ2n) is 4.05. The Kier molecular flexibility index (Phi) is 2.04. The minimum Gasteiger partial charge on any atom is -0.346 e. The van der Waals surface area contributed by atoms with E-state index < -0.39 is 0 Å². The molecule has 76 valence electrons. The van der Waals surface area contributed by atoms with Gasteiger partial charge in [-0.3, -0.25) is 0 Å². The molecule has 0 N–H and O–H groups in total. The van der Waals surface area contributed by atoms with Crippen molar-refractivity contribution in [2.24, 2.45) is 7.05 Å². The maximum atomic E-state index is 9.18. The Morgan fingerprint density at radius 2 is 1.73 bits per heavy atom. The number of hydrogen-bond donors (Lipinski definition) is 0. The van der Waals surface area contributed by atoms with Crippen molar-refractivity contribution in [3.05, 3.63) is 34.5 Å². The van der Waals surface area contributed by atoms with Gasteiger partial charge in [0, 0.05) is 18.1 Å². The van der Waals surface area contributed by atoms with Crippen LogP contribution in [0.5, 0.6) is 0 Å². The zero-order valence-electron chi connectivity index (χ0n) is 9.55. The third-order valence-corrected chi connectivity index (χ3v) is 3.15. The molecular weight excluding hydrogens is 184 g/mol. The van der Waals surface area contributed by atoms with Gasteiger partial charge < -0.3 is 4.57 Å². The number of fused-ring (bicyclic) bond motifs is 1. The molecule has 2 heteroatoms. The predicted octanol–water partition coefficient (Wildman–Crippen LogP) is 2.98. The van der Waals surface area contributed by atoms with Gasteiger partial charge in [-0.2, -0.15) is 5.26 Å². The van der Waals surface area contributed by atoms with E-state index >= 15 is 0 Å². The van der Waals surface area contributed by atoms with Crippen molar-refractivity contribution in [3.8, 4) is 6.07 Å². The minimum absolute atomic E-state index is 0.814. The third-order valence-electron chi connectivity index (χ3n) is 3.15. The van der Waals surface area contributed by atoms with Crippen LogP contribution < -0.4 is 0 Å². The first kappa shape index (κ1) is 9.79. The van der Waals surface area contributed by atoms with Crippen LogP contribution in [0.15, 0.2) is 12.1 Å². The van der Waals surface area contributed by atoms with Crippen molar-refractivity contribution >= 4 is 10.9 Å². The molecule has 1 aromatic heterocycles. The van der Waals surface area contributed by atoms with E-state index in [4.69, 9.17) is 0 Å². The average molecular weight is 198 g/mol. The lowest BCUT2D eigenvalue weighted by Crippen LogP contribution is -1.92. The summed E-state index contributed by atoms with van der Waals surface area (Å²) in [6, 6.07) is 6.50. The molecular formula is C13H14N2. The zero-order valence-corrected chi connectivity index (χ0v) is 9.55. The van der Waals surface area contributed by atoms with Gasteiger partial charge in [0.15, 0.2) is 0 Å². The van der Waals surface area contributed by atoms with E-state index in [-0.39, 0.29) is 0 Å². The van der Waals surface area contributed by atoms with E-state index in [1.165, 1.54) is 16.6 Å². The highest BCUT2D eigenvalue weighted by atomic mass is 14.9. The molecule has 0 aliphatic carbocycles. The third kappa shape index (κ3) is 1.16. The van der Waals surface area contributed by atoms with E-state index in [9.17, 15) is 5.26 Å². The molecule has 0 radical (unpaired) electrons. The molecule has 0 aliphatic rings. The number of nitrogens with zero attached hydrogens (tertiary/aromatic N) is 2. The van der Waals surface area contributed by atoms with Crippen molar-refractivity contribution in [1.29, 1.82) is 5.26 Å². The summed E-state index contributed by atoms with van der Waals surface area (Å²) in [7, 11) is 2.02. The summed E-state index contributed by atoms with van der Waals surface area (Å²) in [4.78, 5) is 0. The highest BCUT2D eigenvalue weighted by Gasteiger charge is 2.14. The van der Waals surface area contributed by atoms with E-state index in [0.29, 0.717) is 0 Å². The first-order valence-corrected chi connectivity index (χ1v) is 5.03. The number of aryl methyl sites for hydroxylation is 3. The molecule has 0 bridgehead atoms. The molecule has 0 unspecified atom stereocenters. The topological polar surface area (TPSA) is 28.7 Å². The van der Waals surface area contributed by atoms with E-state index in [0.717, 1.165) is 16.6 Å². The maximum absolute atomic E-state index is 9.18. The van der Waals surface area contributed by atoms with Crippen LogP contribution in [0.25, 0.3) is 10.9 Å². The molecule has 2 aromatic rings. The summed E-state index contributed by atoms with van der Waals surface area (Å²) in [5.74, 6) is 0. The van der Waals surface area contributed by atoms with Crippen LogP contribution in [0, 0.1) is 32.1 Å². The lowest BCUT2D eigenvalue weighted by Gasteiger charge is -2.03. The fraction of sp³-hybridized carbons (Fsp3) is 0.308. The van der Waals surface area contributed by atoms with Crippen LogP contribution in [0.2, 0.25) is 0 Å². The molecule has 1 heterocycles. The van der Waals surface area contributed by atoms with Crippen molar-refractivity contribution in [3.63, 3.8) is 0 Å². The van der Waals surface area contributed by atoms with Crippen molar-refractivity contribution in [2.45, 2.75) is 20.8 Å². The number of hydrogen-bond acceptors (Lipinski definition) is 1. The van der Waals surface area contributed by atoms with Crippen molar-refractivity contribution in [2.75, 3.05) is 0 Å². The number of nitriles is 1.